The lowest BCUT2D eigenvalue weighted by Crippen LogP contribution is -2.14. The van der Waals surface area contributed by atoms with Crippen molar-refractivity contribution in [1.29, 1.82) is 0 Å². The minimum absolute atomic E-state index is 0.496. The smallest absolute Gasteiger partial charge is 0.0577 e. The molecule has 9 heavy (non-hydrogen) atoms. The first-order valence-corrected chi connectivity index (χ1v) is 4.34. The van der Waals surface area contributed by atoms with Crippen molar-refractivity contribution in [2.45, 2.75) is 0 Å². The van der Waals surface area contributed by atoms with Crippen LogP contribution < -0.4 is 5.73 Å². The molecule has 0 bridgehead atoms. The van der Waals surface area contributed by atoms with Gasteiger partial charge < -0.3 is 10.5 Å². The molecule has 0 aromatic heterocycles. The largest absolute Gasteiger partial charge is 0.384 e. The summed E-state index contributed by atoms with van der Waals surface area (Å²) in [7, 11) is 0.827. The van der Waals surface area contributed by atoms with Gasteiger partial charge in [0, 0.05) is 36.0 Å². The van der Waals surface area contributed by atoms with Crippen LogP contribution in [0.2, 0.25) is 0 Å². The van der Waals surface area contributed by atoms with Crippen LogP contribution in [-0.2, 0) is 15.5 Å². The summed E-state index contributed by atoms with van der Waals surface area (Å²) in [6, 6.07) is 0. The highest BCUT2D eigenvalue weighted by Gasteiger charge is 1.94. The second-order valence-corrected chi connectivity index (χ2v) is 3.33. The van der Waals surface area contributed by atoms with Crippen molar-refractivity contribution in [2.75, 3.05) is 31.8 Å². The Morgan fingerprint density at radius 2 is 2.22 bits per heavy atom. The summed E-state index contributed by atoms with van der Waals surface area (Å²) in [5, 5.41) is 0. The van der Waals surface area contributed by atoms with Crippen LogP contribution in [0.1, 0.15) is 0 Å². The fourth-order valence-corrected chi connectivity index (χ4v) is 1.23. The number of nitrogens with two attached hydrogens (primary N) is 1. The van der Waals surface area contributed by atoms with E-state index < -0.39 is 10.8 Å². The molecule has 0 aromatic carbocycles. The van der Waals surface area contributed by atoms with Crippen LogP contribution in [0.5, 0.6) is 0 Å². The molecular weight excluding hydrogens is 138 g/mol. The summed E-state index contributed by atoms with van der Waals surface area (Å²) in [6.07, 6.45) is 0. The van der Waals surface area contributed by atoms with Gasteiger partial charge in [-0.2, -0.15) is 0 Å². The molecule has 0 spiro atoms. The average molecular weight is 151 g/mol. The molecule has 56 valence electrons. The topological polar surface area (TPSA) is 52.3 Å². The number of hydrogen-bond donors (Lipinski definition) is 1. The summed E-state index contributed by atoms with van der Waals surface area (Å²) >= 11 is 0. The van der Waals surface area contributed by atoms with E-state index in [0.717, 1.165) is 0 Å². The Morgan fingerprint density at radius 1 is 1.56 bits per heavy atom. The zero-order valence-corrected chi connectivity index (χ0v) is 6.45. The SMILES string of the molecule is COCCS(=O)CCN. The molecule has 0 aliphatic carbocycles. The molecule has 0 aliphatic heterocycles. The highest BCUT2D eigenvalue weighted by atomic mass is 32.2. The molecule has 1 atom stereocenters. The molecule has 4 heteroatoms. The first-order valence-electron chi connectivity index (χ1n) is 2.85. The van der Waals surface area contributed by atoms with Crippen LogP contribution in [-0.4, -0.2) is 36.0 Å². The third-order valence-electron chi connectivity index (χ3n) is 0.861. The molecule has 2 N–H and O–H groups in total. The zero-order chi connectivity index (χ0) is 7.11. The molecular formula is C5H13NO2S. The third-order valence-corrected chi connectivity index (χ3v) is 2.17. The van der Waals surface area contributed by atoms with Gasteiger partial charge in [0.15, 0.2) is 0 Å². The highest BCUT2D eigenvalue weighted by molar-refractivity contribution is 7.85. The molecule has 0 rings (SSSR count). The fraction of sp³-hybridized carbons (Fsp3) is 1.00. The van der Waals surface area contributed by atoms with Crippen LogP contribution in [0.3, 0.4) is 0 Å². The summed E-state index contributed by atoms with van der Waals surface area (Å²) in [5.74, 6) is 1.19. The van der Waals surface area contributed by atoms with Crippen LogP contribution >= 0.6 is 0 Å². The second-order valence-electron chi connectivity index (χ2n) is 1.63. The van der Waals surface area contributed by atoms with E-state index in [1.54, 1.807) is 7.11 Å². The van der Waals surface area contributed by atoms with Gasteiger partial charge in [0.05, 0.1) is 6.61 Å². The van der Waals surface area contributed by atoms with E-state index in [-0.39, 0.29) is 0 Å². The second kappa shape index (κ2) is 6.19. The van der Waals surface area contributed by atoms with Crippen molar-refractivity contribution in [3.63, 3.8) is 0 Å². The minimum atomic E-state index is -0.770. The number of rotatable bonds is 5. The van der Waals surface area contributed by atoms with Gasteiger partial charge >= 0.3 is 0 Å². The Kier molecular flexibility index (Phi) is 6.24. The normalized spacial score (nSPS) is 13.6. The van der Waals surface area contributed by atoms with Crippen molar-refractivity contribution in [3.05, 3.63) is 0 Å². The summed E-state index contributed by atoms with van der Waals surface area (Å²) in [4.78, 5) is 0. The molecule has 0 heterocycles. The fourth-order valence-electron chi connectivity index (χ4n) is 0.410. The maximum Gasteiger partial charge on any atom is 0.0577 e. The number of ether oxygens (including phenoxy) is 1. The lowest BCUT2D eigenvalue weighted by molar-refractivity contribution is 0.218. The summed E-state index contributed by atoms with van der Waals surface area (Å²) in [5.41, 5.74) is 5.17. The first kappa shape index (κ1) is 9.07. The van der Waals surface area contributed by atoms with Gasteiger partial charge in [-0.15, -0.1) is 0 Å². The van der Waals surface area contributed by atoms with Crippen LogP contribution in [0.25, 0.3) is 0 Å². The standard InChI is InChI=1S/C5H13NO2S/c1-8-3-5-9(7)4-2-6/h2-6H2,1H3. The van der Waals surface area contributed by atoms with E-state index in [0.29, 0.717) is 24.7 Å². The number of hydrogen-bond acceptors (Lipinski definition) is 3. The highest BCUT2D eigenvalue weighted by Crippen LogP contribution is 1.79. The third kappa shape index (κ3) is 5.95. The van der Waals surface area contributed by atoms with Gasteiger partial charge in [0.1, 0.15) is 0 Å². The average Bonchev–Trinajstić information content (AvgIpc) is 1.85. The molecule has 0 radical (unpaired) electrons. The predicted molar refractivity (Wildman–Crippen MR) is 38.8 cm³/mol. The lowest BCUT2D eigenvalue weighted by atomic mass is 10.8. The van der Waals surface area contributed by atoms with Gasteiger partial charge in [-0.1, -0.05) is 0 Å². The van der Waals surface area contributed by atoms with Crippen molar-refractivity contribution in [2.24, 2.45) is 5.73 Å². The Morgan fingerprint density at radius 3 is 2.67 bits per heavy atom. The Balaban J connectivity index is 3.06. The minimum Gasteiger partial charge on any atom is -0.384 e. The zero-order valence-electron chi connectivity index (χ0n) is 5.63. The van der Waals surface area contributed by atoms with Gasteiger partial charge in [0.25, 0.3) is 0 Å². The summed E-state index contributed by atoms with van der Waals surface area (Å²) in [6.45, 7) is 1.06. The Labute approximate surface area is 58.0 Å². The molecule has 0 aliphatic rings. The van der Waals surface area contributed by atoms with Crippen molar-refractivity contribution in [1.82, 2.24) is 0 Å². The Hall–Kier alpha value is 0.0700. The molecule has 1 unspecified atom stereocenters. The van der Waals surface area contributed by atoms with Crippen molar-refractivity contribution in [3.8, 4) is 0 Å². The molecule has 0 saturated carbocycles. The molecule has 0 aromatic rings. The van der Waals surface area contributed by atoms with Gasteiger partial charge in [-0.3, -0.25) is 4.21 Å². The van der Waals surface area contributed by atoms with E-state index in [1.165, 1.54) is 0 Å². The summed E-state index contributed by atoms with van der Waals surface area (Å²) < 4.78 is 15.5. The molecule has 0 amide bonds. The lowest BCUT2D eigenvalue weighted by Gasteiger charge is -1.96. The monoisotopic (exact) mass is 151 g/mol. The van der Waals surface area contributed by atoms with E-state index >= 15 is 0 Å². The number of methoxy groups -OCH3 is 1. The maximum atomic E-state index is 10.8. The van der Waals surface area contributed by atoms with Gasteiger partial charge in [-0.25, -0.2) is 0 Å². The quantitative estimate of drug-likeness (QED) is 0.567. The van der Waals surface area contributed by atoms with E-state index in [2.05, 4.69) is 0 Å². The first-order chi connectivity index (χ1) is 4.31. The van der Waals surface area contributed by atoms with E-state index in [1.807, 2.05) is 0 Å². The maximum absolute atomic E-state index is 10.8. The van der Waals surface area contributed by atoms with Gasteiger partial charge in [0.2, 0.25) is 0 Å². The molecule has 0 fully saturated rings. The van der Waals surface area contributed by atoms with E-state index in [4.69, 9.17) is 10.5 Å². The van der Waals surface area contributed by atoms with E-state index in [9.17, 15) is 4.21 Å². The van der Waals surface area contributed by atoms with Crippen LogP contribution in [0.15, 0.2) is 0 Å². The predicted octanol–water partition coefficient (Wildman–Crippen LogP) is -0.660. The Bertz CT molecular complexity index is 87.0. The van der Waals surface area contributed by atoms with Crippen LogP contribution in [0, 0.1) is 0 Å². The van der Waals surface area contributed by atoms with Gasteiger partial charge in [-0.05, 0) is 0 Å². The van der Waals surface area contributed by atoms with Crippen LogP contribution in [0.4, 0.5) is 0 Å². The molecule has 3 nitrogen and oxygen atoms in total. The van der Waals surface area contributed by atoms with Crippen molar-refractivity contribution < 1.29 is 8.95 Å². The van der Waals surface area contributed by atoms with Crippen molar-refractivity contribution >= 4 is 10.8 Å². The molecule has 0 saturated heterocycles.